The Morgan fingerprint density at radius 1 is 1.25 bits per heavy atom. The third kappa shape index (κ3) is 5.28. The Labute approximate surface area is 178 Å². The van der Waals surface area contributed by atoms with E-state index in [-0.39, 0.29) is 24.4 Å². The van der Waals surface area contributed by atoms with Gasteiger partial charge in [-0.25, -0.2) is 4.79 Å². The van der Waals surface area contributed by atoms with Crippen molar-refractivity contribution in [2.75, 3.05) is 11.9 Å². The highest BCUT2D eigenvalue weighted by atomic mass is 35.5. The van der Waals surface area contributed by atoms with Crippen molar-refractivity contribution < 1.29 is 14.4 Å². The van der Waals surface area contributed by atoms with Gasteiger partial charge in [0.15, 0.2) is 0 Å². The Morgan fingerprint density at radius 2 is 1.96 bits per heavy atom. The molecule has 0 unspecified atom stereocenters. The molecule has 0 bridgehead atoms. The Balaban J connectivity index is 2.09. The molecule has 150 valence electrons. The Morgan fingerprint density at radius 3 is 2.57 bits per heavy atom. The van der Waals surface area contributed by atoms with Crippen LogP contribution in [0, 0.1) is 0 Å². The lowest BCUT2D eigenvalue weighted by atomic mass is 10.2. The number of hydrogen-bond donors (Lipinski definition) is 2. The quantitative estimate of drug-likeness (QED) is 0.645. The molecule has 0 aliphatic carbocycles. The lowest BCUT2D eigenvalue weighted by molar-refractivity contribution is -0.132. The van der Waals surface area contributed by atoms with Crippen molar-refractivity contribution in [3.63, 3.8) is 0 Å². The van der Waals surface area contributed by atoms with Gasteiger partial charge in [0.05, 0.1) is 10.7 Å². The average Bonchev–Trinajstić information content (AvgIpc) is 3.05. The second kappa shape index (κ2) is 9.96. The SMILES string of the molecule is C/C=C(CNC(=O)[C@@H]1CCC(=O)N1C(=O)Nc1ccc(Cl)cc1Cl)\C(Cl)=C/C. The molecule has 1 atom stereocenters. The van der Waals surface area contributed by atoms with Gasteiger partial charge in [-0.1, -0.05) is 47.0 Å². The van der Waals surface area contributed by atoms with Crippen LogP contribution in [0.4, 0.5) is 10.5 Å². The van der Waals surface area contributed by atoms with Gasteiger partial charge < -0.3 is 10.6 Å². The lowest BCUT2D eigenvalue weighted by Crippen LogP contribution is -2.49. The first-order valence-electron chi connectivity index (χ1n) is 8.61. The number of imide groups is 1. The number of rotatable bonds is 5. The van der Waals surface area contributed by atoms with E-state index in [1.807, 2.05) is 6.92 Å². The van der Waals surface area contributed by atoms with Gasteiger partial charge in [0.1, 0.15) is 6.04 Å². The smallest absolute Gasteiger partial charge is 0.329 e. The van der Waals surface area contributed by atoms with Crippen molar-refractivity contribution in [1.82, 2.24) is 10.2 Å². The largest absolute Gasteiger partial charge is 0.350 e. The Kier molecular flexibility index (Phi) is 7.92. The van der Waals surface area contributed by atoms with Gasteiger partial charge in [-0.3, -0.25) is 14.5 Å². The number of amides is 4. The van der Waals surface area contributed by atoms with Crippen LogP contribution in [0.3, 0.4) is 0 Å². The number of carbonyl (C=O) groups excluding carboxylic acids is 3. The van der Waals surface area contributed by atoms with E-state index in [9.17, 15) is 14.4 Å². The van der Waals surface area contributed by atoms with Gasteiger partial charge >= 0.3 is 6.03 Å². The van der Waals surface area contributed by atoms with Gasteiger partial charge in [0.2, 0.25) is 11.8 Å². The number of benzene rings is 1. The lowest BCUT2D eigenvalue weighted by Gasteiger charge is -2.23. The third-order valence-electron chi connectivity index (χ3n) is 4.27. The monoisotopic (exact) mass is 443 g/mol. The molecule has 1 heterocycles. The zero-order valence-corrected chi connectivity index (χ0v) is 17.7. The molecule has 1 aliphatic heterocycles. The van der Waals surface area contributed by atoms with Crippen LogP contribution in [0.2, 0.25) is 10.0 Å². The fourth-order valence-corrected chi connectivity index (χ4v) is 3.39. The van der Waals surface area contributed by atoms with Gasteiger partial charge in [-0.2, -0.15) is 0 Å². The summed E-state index contributed by atoms with van der Waals surface area (Å²) in [6.45, 7) is 3.79. The third-order valence-corrected chi connectivity index (χ3v) is 5.28. The normalized spacial score (nSPS) is 17.7. The predicted octanol–water partition coefficient (Wildman–Crippen LogP) is 4.72. The van der Waals surface area contributed by atoms with E-state index < -0.39 is 23.9 Å². The number of likely N-dealkylation sites (tertiary alicyclic amines) is 1. The molecule has 2 rings (SSSR count). The van der Waals surface area contributed by atoms with E-state index in [0.29, 0.717) is 15.7 Å². The minimum Gasteiger partial charge on any atom is -0.350 e. The summed E-state index contributed by atoms with van der Waals surface area (Å²) in [5, 5.41) is 6.45. The first-order valence-corrected chi connectivity index (χ1v) is 9.75. The molecule has 0 saturated carbocycles. The summed E-state index contributed by atoms with van der Waals surface area (Å²) >= 11 is 18.0. The number of urea groups is 1. The van der Waals surface area contributed by atoms with E-state index in [1.165, 1.54) is 12.1 Å². The standard InChI is InChI=1S/C19H20Cl3N3O3/c1-3-11(13(21)4-2)10-23-18(27)16-7-8-17(26)25(16)19(28)24-15-6-5-12(20)9-14(15)22/h3-6,9,16H,7-8,10H2,1-2H3,(H,23,27)(H,24,28)/b11-3-,13-4+/t16-/m0/s1. The molecule has 4 amide bonds. The minimum absolute atomic E-state index is 0.103. The van der Waals surface area contributed by atoms with Crippen LogP contribution in [0.15, 0.2) is 41.0 Å². The van der Waals surface area contributed by atoms with Crippen molar-refractivity contribution in [3.05, 3.63) is 51.0 Å². The number of allylic oxidation sites excluding steroid dienone is 2. The summed E-state index contributed by atoms with van der Waals surface area (Å²) in [5.41, 5.74) is 1.04. The van der Waals surface area contributed by atoms with E-state index in [1.54, 1.807) is 25.1 Å². The van der Waals surface area contributed by atoms with Crippen LogP contribution in [0.5, 0.6) is 0 Å². The molecule has 1 fully saturated rings. The molecule has 0 aromatic heterocycles. The van der Waals surface area contributed by atoms with Crippen LogP contribution >= 0.6 is 34.8 Å². The summed E-state index contributed by atoms with van der Waals surface area (Å²) in [6, 6.07) is 2.93. The van der Waals surface area contributed by atoms with E-state index in [2.05, 4.69) is 10.6 Å². The van der Waals surface area contributed by atoms with Gasteiger partial charge in [-0.15, -0.1) is 0 Å². The zero-order valence-electron chi connectivity index (χ0n) is 15.4. The van der Waals surface area contributed by atoms with Crippen LogP contribution < -0.4 is 10.6 Å². The Bertz CT molecular complexity index is 852. The van der Waals surface area contributed by atoms with Crippen molar-refractivity contribution in [2.45, 2.75) is 32.7 Å². The highest BCUT2D eigenvalue weighted by Crippen LogP contribution is 2.27. The maximum atomic E-state index is 12.6. The van der Waals surface area contributed by atoms with E-state index in [0.717, 1.165) is 10.5 Å². The fraction of sp³-hybridized carbons (Fsp3) is 0.316. The molecule has 0 spiro atoms. The number of halogens is 3. The van der Waals surface area contributed by atoms with Gasteiger partial charge in [0.25, 0.3) is 0 Å². The molecule has 1 saturated heterocycles. The van der Waals surface area contributed by atoms with Gasteiger partial charge in [0, 0.05) is 23.0 Å². The topological polar surface area (TPSA) is 78.5 Å². The molecule has 1 aromatic carbocycles. The van der Waals surface area contributed by atoms with Crippen LogP contribution in [0.25, 0.3) is 0 Å². The van der Waals surface area contributed by atoms with Crippen LogP contribution in [-0.4, -0.2) is 35.3 Å². The maximum absolute atomic E-state index is 12.6. The second-order valence-corrected chi connectivity index (χ2v) is 7.29. The highest BCUT2D eigenvalue weighted by molar-refractivity contribution is 6.36. The number of nitrogens with one attached hydrogen (secondary N) is 2. The number of nitrogens with zero attached hydrogens (tertiary/aromatic N) is 1. The molecule has 6 nitrogen and oxygen atoms in total. The number of anilines is 1. The molecule has 1 aromatic rings. The molecule has 1 aliphatic rings. The summed E-state index contributed by atoms with van der Waals surface area (Å²) in [7, 11) is 0. The van der Waals surface area contributed by atoms with Crippen molar-refractivity contribution >= 4 is 58.3 Å². The summed E-state index contributed by atoms with van der Waals surface area (Å²) < 4.78 is 0. The zero-order chi connectivity index (χ0) is 20.8. The number of carbonyl (C=O) groups is 3. The average molecular weight is 445 g/mol. The molecule has 28 heavy (non-hydrogen) atoms. The summed E-state index contributed by atoms with van der Waals surface area (Å²) in [6.07, 6.45) is 3.86. The predicted molar refractivity (Wildman–Crippen MR) is 112 cm³/mol. The van der Waals surface area contributed by atoms with Crippen molar-refractivity contribution in [1.29, 1.82) is 0 Å². The Hall–Kier alpha value is -2.02. The van der Waals surface area contributed by atoms with Crippen LogP contribution in [-0.2, 0) is 9.59 Å². The number of hydrogen-bond acceptors (Lipinski definition) is 3. The highest BCUT2D eigenvalue weighted by Gasteiger charge is 2.40. The summed E-state index contributed by atoms with van der Waals surface area (Å²) in [5.74, 6) is -0.858. The molecular weight excluding hydrogens is 425 g/mol. The van der Waals surface area contributed by atoms with Gasteiger partial charge in [-0.05, 0) is 44.0 Å². The molecule has 2 N–H and O–H groups in total. The summed E-state index contributed by atoms with van der Waals surface area (Å²) in [4.78, 5) is 38.3. The fourth-order valence-electron chi connectivity index (χ4n) is 2.76. The van der Waals surface area contributed by atoms with Crippen molar-refractivity contribution in [2.24, 2.45) is 0 Å². The maximum Gasteiger partial charge on any atom is 0.329 e. The van der Waals surface area contributed by atoms with Crippen LogP contribution in [0.1, 0.15) is 26.7 Å². The first kappa shape index (κ1) is 22.3. The van der Waals surface area contributed by atoms with E-state index >= 15 is 0 Å². The molecule has 9 heteroatoms. The second-order valence-electron chi connectivity index (χ2n) is 6.04. The molecule has 0 radical (unpaired) electrons. The first-order chi connectivity index (χ1) is 13.3. The minimum atomic E-state index is -0.902. The van der Waals surface area contributed by atoms with E-state index in [4.69, 9.17) is 34.8 Å². The molecular formula is C19H20Cl3N3O3. The van der Waals surface area contributed by atoms with Crippen molar-refractivity contribution in [3.8, 4) is 0 Å².